The van der Waals surface area contributed by atoms with Gasteiger partial charge in [0, 0.05) is 17.8 Å². The molecule has 152 valence electrons. The van der Waals surface area contributed by atoms with Crippen molar-refractivity contribution in [1.29, 1.82) is 0 Å². The van der Waals surface area contributed by atoms with Gasteiger partial charge in [-0.2, -0.15) is 0 Å². The third kappa shape index (κ3) is 3.10. The lowest BCUT2D eigenvalue weighted by molar-refractivity contribution is -0.207. The number of fused-ring (bicyclic) bond motifs is 2. The van der Waals surface area contributed by atoms with Crippen LogP contribution in [0.25, 0.3) is 0 Å². The maximum atomic E-state index is 12.4. The number of esters is 1. The Kier molecular flexibility index (Phi) is 5.16. The van der Waals surface area contributed by atoms with E-state index in [0.717, 1.165) is 32.1 Å². The Hall–Kier alpha value is -1.09. The van der Waals surface area contributed by atoms with Crippen molar-refractivity contribution in [2.75, 3.05) is 0 Å². The highest BCUT2D eigenvalue weighted by atomic mass is 16.5. The minimum Gasteiger partial charge on any atom is -0.458 e. The van der Waals surface area contributed by atoms with Crippen molar-refractivity contribution >= 4 is 5.97 Å². The van der Waals surface area contributed by atoms with E-state index in [-0.39, 0.29) is 40.0 Å². The molecule has 0 aromatic carbocycles. The van der Waals surface area contributed by atoms with Crippen LogP contribution >= 0.6 is 0 Å². The smallest absolute Gasteiger partial charge is 0.306 e. The molecule has 5 atom stereocenters. The molecule has 1 spiro atoms. The molecule has 1 aliphatic heterocycles. The summed E-state index contributed by atoms with van der Waals surface area (Å²) in [4.78, 5) is 12.4. The first-order valence-electron chi connectivity index (χ1n) is 10.8. The lowest BCUT2D eigenvalue weighted by Gasteiger charge is -2.62. The summed E-state index contributed by atoms with van der Waals surface area (Å²) >= 11 is 0. The van der Waals surface area contributed by atoms with Crippen LogP contribution in [0.3, 0.4) is 0 Å². The van der Waals surface area contributed by atoms with Gasteiger partial charge in [0.05, 0.1) is 11.2 Å². The van der Waals surface area contributed by atoms with Crippen molar-refractivity contribution in [2.45, 2.75) is 104 Å². The SMILES string of the molecule is C=CC1(C)CCC2(O1)C(C)=CC(OC(=O)CCC)C1C(C)(C)CCCC12C. The van der Waals surface area contributed by atoms with E-state index in [1.165, 1.54) is 12.0 Å². The molecule has 1 heterocycles. The minimum absolute atomic E-state index is 0.0501. The molecule has 3 nitrogen and oxygen atoms in total. The molecule has 5 unspecified atom stereocenters. The van der Waals surface area contributed by atoms with Gasteiger partial charge in [0.25, 0.3) is 0 Å². The number of carbonyl (C=O) groups is 1. The standard InChI is InChI=1S/C24H38O3/c1-8-11-19(25)26-18-16-17(3)24(15-14-22(6,9-2)27-24)23(7)13-10-12-21(4,5)20(18)23/h9,16,18,20H,2,8,10-15H2,1,3-7H3. The van der Waals surface area contributed by atoms with Crippen LogP contribution in [0.4, 0.5) is 0 Å². The Labute approximate surface area is 165 Å². The fraction of sp³-hybridized carbons (Fsp3) is 0.792. The zero-order chi connectivity index (χ0) is 20.1. The second-order valence-electron chi connectivity index (χ2n) is 10.2. The predicted octanol–water partition coefficient (Wildman–Crippen LogP) is 5.98. The van der Waals surface area contributed by atoms with Gasteiger partial charge in [-0.3, -0.25) is 4.79 Å². The molecule has 0 bridgehead atoms. The first-order valence-corrected chi connectivity index (χ1v) is 10.8. The molecule has 2 aliphatic carbocycles. The maximum Gasteiger partial charge on any atom is 0.306 e. The molecule has 1 saturated heterocycles. The molecule has 0 radical (unpaired) electrons. The molecular weight excluding hydrogens is 336 g/mol. The fourth-order valence-electron chi connectivity index (χ4n) is 6.54. The average molecular weight is 375 g/mol. The van der Waals surface area contributed by atoms with Crippen LogP contribution in [0.5, 0.6) is 0 Å². The Morgan fingerprint density at radius 2 is 1.96 bits per heavy atom. The highest BCUT2D eigenvalue weighted by Crippen LogP contribution is 2.66. The van der Waals surface area contributed by atoms with Crippen LogP contribution in [-0.2, 0) is 14.3 Å². The van der Waals surface area contributed by atoms with Crippen LogP contribution in [0, 0.1) is 16.7 Å². The Bertz CT molecular complexity index is 648. The van der Waals surface area contributed by atoms with Gasteiger partial charge in [0.2, 0.25) is 0 Å². The van der Waals surface area contributed by atoms with Crippen molar-refractivity contribution in [2.24, 2.45) is 16.7 Å². The number of carbonyl (C=O) groups excluding carboxylic acids is 1. The molecular formula is C24H38O3. The van der Waals surface area contributed by atoms with Crippen molar-refractivity contribution in [3.8, 4) is 0 Å². The number of ether oxygens (including phenoxy) is 2. The zero-order valence-electron chi connectivity index (χ0n) is 18.2. The van der Waals surface area contributed by atoms with Crippen LogP contribution < -0.4 is 0 Å². The van der Waals surface area contributed by atoms with Crippen LogP contribution in [0.1, 0.15) is 86.5 Å². The molecule has 0 aromatic heterocycles. The van der Waals surface area contributed by atoms with E-state index in [4.69, 9.17) is 9.47 Å². The molecule has 0 N–H and O–H groups in total. The highest BCUT2D eigenvalue weighted by Gasteiger charge is 2.66. The summed E-state index contributed by atoms with van der Waals surface area (Å²) in [5.41, 5.74) is 0.719. The second-order valence-corrected chi connectivity index (χ2v) is 10.2. The molecule has 3 rings (SSSR count). The summed E-state index contributed by atoms with van der Waals surface area (Å²) in [7, 11) is 0. The molecule has 3 heteroatoms. The lowest BCUT2D eigenvalue weighted by Crippen LogP contribution is -2.63. The largest absolute Gasteiger partial charge is 0.458 e. The molecule has 3 aliphatic rings. The number of rotatable bonds is 4. The van der Waals surface area contributed by atoms with Crippen LogP contribution in [0.2, 0.25) is 0 Å². The van der Waals surface area contributed by atoms with E-state index < -0.39 is 0 Å². The van der Waals surface area contributed by atoms with Crippen molar-refractivity contribution in [3.63, 3.8) is 0 Å². The maximum absolute atomic E-state index is 12.4. The van der Waals surface area contributed by atoms with Gasteiger partial charge in [0.1, 0.15) is 6.10 Å². The number of hydrogen-bond acceptors (Lipinski definition) is 3. The molecule has 2 fully saturated rings. The average Bonchev–Trinajstić information content (AvgIpc) is 2.93. The van der Waals surface area contributed by atoms with Crippen molar-refractivity contribution < 1.29 is 14.3 Å². The van der Waals surface area contributed by atoms with Gasteiger partial charge in [-0.15, -0.1) is 6.58 Å². The van der Waals surface area contributed by atoms with Gasteiger partial charge in [-0.1, -0.05) is 40.2 Å². The van der Waals surface area contributed by atoms with E-state index in [9.17, 15) is 4.79 Å². The van der Waals surface area contributed by atoms with Gasteiger partial charge < -0.3 is 9.47 Å². The molecule has 27 heavy (non-hydrogen) atoms. The summed E-state index contributed by atoms with van der Waals surface area (Å²) in [5.74, 6) is 0.185. The van der Waals surface area contributed by atoms with Crippen molar-refractivity contribution in [1.82, 2.24) is 0 Å². The van der Waals surface area contributed by atoms with Gasteiger partial charge in [0.15, 0.2) is 0 Å². The topological polar surface area (TPSA) is 35.5 Å². The Morgan fingerprint density at radius 3 is 2.56 bits per heavy atom. The Balaban J connectivity index is 2.08. The van der Waals surface area contributed by atoms with Crippen LogP contribution in [-0.4, -0.2) is 23.3 Å². The van der Waals surface area contributed by atoms with E-state index in [0.29, 0.717) is 6.42 Å². The first-order chi connectivity index (χ1) is 12.5. The van der Waals surface area contributed by atoms with Crippen LogP contribution in [0.15, 0.2) is 24.3 Å². The molecule has 0 aromatic rings. The number of hydrogen-bond donors (Lipinski definition) is 0. The van der Waals surface area contributed by atoms with Gasteiger partial charge in [-0.25, -0.2) is 0 Å². The third-order valence-corrected chi connectivity index (χ3v) is 7.88. The van der Waals surface area contributed by atoms with Gasteiger partial charge >= 0.3 is 5.97 Å². The molecule has 1 saturated carbocycles. The Morgan fingerprint density at radius 1 is 1.26 bits per heavy atom. The predicted molar refractivity (Wildman–Crippen MR) is 109 cm³/mol. The van der Waals surface area contributed by atoms with E-state index >= 15 is 0 Å². The van der Waals surface area contributed by atoms with Crippen molar-refractivity contribution in [3.05, 3.63) is 24.3 Å². The minimum atomic E-state index is -0.286. The van der Waals surface area contributed by atoms with Gasteiger partial charge in [-0.05, 0) is 63.0 Å². The zero-order valence-corrected chi connectivity index (χ0v) is 18.2. The lowest BCUT2D eigenvalue weighted by atomic mass is 9.46. The fourth-order valence-corrected chi connectivity index (χ4v) is 6.54. The summed E-state index contributed by atoms with van der Waals surface area (Å²) < 4.78 is 12.9. The van der Waals surface area contributed by atoms with E-state index in [1.54, 1.807) is 0 Å². The second kappa shape index (κ2) is 6.76. The summed E-state index contributed by atoms with van der Waals surface area (Å²) in [5, 5.41) is 0. The van der Waals surface area contributed by atoms with E-state index in [1.807, 2.05) is 13.0 Å². The highest BCUT2D eigenvalue weighted by molar-refractivity contribution is 5.69. The summed E-state index contributed by atoms with van der Waals surface area (Å²) in [6.07, 6.45) is 10.8. The normalized spacial score (nSPS) is 43.1. The summed E-state index contributed by atoms with van der Waals surface area (Å²) in [6.45, 7) is 17.5. The quantitative estimate of drug-likeness (QED) is 0.448. The monoisotopic (exact) mass is 374 g/mol. The first kappa shape index (κ1) is 20.6. The third-order valence-electron chi connectivity index (χ3n) is 7.88. The van der Waals surface area contributed by atoms with E-state index in [2.05, 4.69) is 47.3 Å². The molecule has 0 amide bonds. The summed E-state index contributed by atoms with van der Waals surface area (Å²) in [6, 6.07) is 0.